The highest BCUT2D eigenvalue weighted by molar-refractivity contribution is 6.10. The van der Waals surface area contributed by atoms with E-state index in [2.05, 4.69) is 6.92 Å². The smallest absolute Gasteiger partial charge is 0.195 e. The maximum Gasteiger partial charge on any atom is 0.195 e. The molecule has 4 rings (SSSR count). The average molecular weight is 567 g/mol. The molecule has 0 saturated carbocycles. The molecule has 0 radical (unpaired) electrons. The van der Waals surface area contributed by atoms with Crippen LogP contribution < -0.4 is 4.74 Å². The van der Waals surface area contributed by atoms with E-state index in [1.54, 1.807) is 32.2 Å². The van der Waals surface area contributed by atoms with Gasteiger partial charge in [0.15, 0.2) is 5.78 Å². The van der Waals surface area contributed by atoms with Crippen LogP contribution in [0.25, 0.3) is 0 Å². The summed E-state index contributed by atoms with van der Waals surface area (Å²) in [5.74, 6) is -4.61. The number of aryl methyl sites for hydroxylation is 1. The van der Waals surface area contributed by atoms with Crippen LogP contribution in [-0.4, -0.2) is 18.7 Å². The Labute approximate surface area is 238 Å². The van der Waals surface area contributed by atoms with Crippen molar-refractivity contribution in [1.29, 1.82) is 0 Å². The summed E-state index contributed by atoms with van der Waals surface area (Å²) in [6, 6.07) is 12.6. The van der Waals surface area contributed by atoms with E-state index < -0.39 is 40.5 Å². The molecule has 3 aromatic rings. The summed E-state index contributed by atoms with van der Waals surface area (Å²) in [7, 11) is 1.55. The first-order chi connectivity index (χ1) is 19.6. The molecule has 0 aliphatic heterocycles. The summed E-state index contributed by atoms with van der Waals surface area (Å²) in [5.41, 5.74) is 1.78. The van der Waals surface area contributed by atoms with Crippen molar-refractivity contribution in [3.63, 3.8) is 0 Å². The zero-order valence-corrected chi connectivity index (χ0v) is 23.5. The van der Waals surface area contributed by atoms with E-state index in [1.165, 1.54) is 12.1 Å². The molecule has 1 aliphatic rings. The molecular weight excluding hydrogens is 532 g/mol. The standard InChI is InChI=1S/C34H34F4O3/c1-20(6-4-7-21(2)39)10-11-23-8-5-9-27(34(23)41-3)28-16-24(22-12-14-25(35)15-13-22)17-29(28)33(40)32-30(37)18-26(36)19-31(32)38/h5,8-9,12-15,17-20,24,28H,4,6-7,10-11,16H2,1-3H3. The van der Waals surface area contributed by atoms with E-state index in [9.17, 15) is 27.2 Å². The molecule has 0 fully saturated rings. The van der Waals surface area contributed by atoms with E-state index >= 15 is 0 Å². The van der Waals surface area contributed by atoms with Crippen molar-refractivity contribution in [2.24, 2.45) is 5.92 Å². The van der Waals surface area contributed by atoms with Crippen molar-refractivity contribution in [3.8, 4) is 5.75 Å². The molecule has 0 saturated heterocycles. The van der Waals surface area contributed by atoms with Crippen LogP contribution in [0.4, 0.5) is 17.6 Å². The molecule has 1 aliphatic carbocycles. The van der Waals surface area contributed by atoms with Gasteiger partial charge in [-0.25, -0.2) is 17.6 Å². The third-order valence-electron chi connectivity index (χ3n) is 7.88. The van der Waals surface area contributed by atoms with Gasteiger partial charge < -0.3 is 9.53 Å². The van der Waals surface area contributed by atoms with Gasteiger partial charge in [0.1, 0.15) is 34.8 Å². The van der Waals surface area contributed by atoms with Crippen LogP contribution in [0, 0.1) is 29.2 Å². The Balaban J connectivity index is 1.68. The second-order valence-electron chi connectivity index (χ2n) is 10.9. The lowest BCUT2D eigenvalue weighted by molar-refractivity contribution is -0.117. The molecule has 0 aromatic heterocycles. The number of hydrogen-bond donors (Lipinski definition) is 0. The molecule has 0 N–H and O–H groups in total. The summed E-state index contributed by atoms with van der Waals surface area (Å²) in [6.07, 6.45) is 5.99. The van der Waals surface area contributed by atoms with Gasteiger partial charge in [-0.2, -0.15) is 0 Å². The molecule has 0 bridgehead atoms. The third-order valence-corrected chi connectivity index (χ3v) is 7.88. The van der Waals surface area contributed by atoms with Gasteiger partial charge in [-0.1, -0.05) is 49.8 Å². The molecule has 0 spiro atoms. The van der Waals surface area contributed by atoms with Gasteiger partial charge >= 0.3 is 0 Å². The van der Waals surface area contributed by atoms with Gasteiger partial charge in [0.05, 0.1) is 12.7 Å². The summed E-state index contributed by atoms with van der Waals surface area (Å²) in [6.45, 7) is 3.74. The van der Waals surface area contributed by atoms with Gasteiger partial charge in [0, 0.05) is 41.5 Å². The SMILES string of the molecule is COc1c(CCC(C)CCCC(C)=O)cccc1C1CC(c2ccc(F)cc2)C=C1C(=O)c1c(F)cc(F)cc1F. The molecule has 0 amide bonds. The number of carbonyl (C=O) groups excluding carboxylic acids is 2. The number of ether oxygens (including phenoxy) is 1. The Hall–Kier alpha value is -3.74. The number of para-hydroxylation sites is 1. The van der Waals surface area contributed by atoms with Gasteiger partial charge in [0.25, 0.3) is 0 Å². The van der Waals surface area contributed by atoms with Crippen molar-refractivity contribution in [2.75, 3.05) is 7.11 Å². The summed E-state index contributed by atoms with van der Waals surface area (Å²) >= 11 is 0. The highest BCUT2D eigenvalue weighted by Gasteiger charge is 2.37. The van der Waals surface area contributed by atoms with E-state index in [-0.39, 0.29) is 17.3 Å². The third kappa shape index (κ3) is 7.13. The number of hydrogen-bond acceptors (Lipinski definition) is 3. The molecule has 3 unspecified atom stereocenters. The molecule has 0 heterocycles. The Bertz CT molecular complexity index is 1420. The fraction of sp³-hybridized carbons (Fsp3) is 0.353. The fourth-order valence-electron chi connectivity index (χ4n) is 5.73. The van der Waals surface area contributed by atoms with E-state index in [4.69, 9.17) is 4.74 Å². The summed E-state index contributed by atoms with van der Waals surface area (Å²) in [5, 5.41) is 0. The van der Waals surface area contributed by atoms with E-state index in [0.29, 0.717) is 48.6 Å². The number of carbonyl (C=O) groups is 2. The van der Waals surface area contributed by atoms with Crippen molar-refractivity contribution in [2.45, 2.75) is 64.2 Å². The van der Waals surface area contributed by atoms with E-state index in [1.807, 2.05) is 18.2 Å². The number of ketones is 2. The number of methoxy groups -OCH3 is 1. The monoisotopic (exact) mass is 566 g/mol. The minimum Gasteiger partial charge on any atom is -0.496 e. The fourth-order valence-corrected chi connectivity index (χ4v) is 5.73. The van der Waals surface area contributed by atoms with Gasteiger partial charge in [-0.3, -0.25) is 4.79 Å². The Kier molecular flexibility index (Phi) is 9.79. The predicted octanol–water partition coefficient (Wildman–Crippen LogP) is 8.66. The minimum absolute atomic E-state index is 0.178. The Morgan fingerprint density at radius 2 is 1.63 bits per heavy atom. The van der Waals surface area contributed by atoms with E-state index in [0.717, 1.165) is 30.4 Å². The molecular formula is C34H34F4O3. The first-order valence-corrected chi connectivity index (χ1v) is 13.9. The van der Waals surface area contributed by atoms with Crippen LogP contribution >= 0.6 is 0 Å². The van der Waals surface area contributed by atoms with Crippen molar-refractivity contribution in [1.82, 2.24) is 0 Å². The maximum absolute atomic E-state index is 14.7. The number of benzene rings is 3. The molecule has 216 valence electrons. The summed E-state index contributed by atoms with van der Waals surface area (Å²) in [4.78, 5) is 24.9. The molecule has 41 heavy (non-hydrogen) atoms. The molecule has 7 heteroatoms. The minimum atomic E-state index is -1.27. The van der Waals surface area contributed by atoms with Crippen LogP contribution in [0.15, 0.2) is 66.2 Å². The largest absolute Gasteiger partial charge is 0.496 e. The first kappa shape index (κ1) is 30.2. The quantitative estimate of drug-likeness (QED) is 0.163. The zero-order chi connectivity index (χ0) is 29.7. The van der Waals surface area contributed by atoms with Gasteiger partial charge in [-0.15, -0.1) is 0 Å². The normalized spacial score (nSPS) is 17.3. The number of Topliss-reactive ketones (excluding diaryl/α,β-unsaturated/α-hetero) is 2. The van der Waals surface area contributed by atoms with Crippen LogP contribution in [0.3, 0.4) is 0 Å². The number of rotatable bonds is 12. The topological polar surface area (TPSA) is 43.4 Å². The lowest BCUT2D eigenvalue weighted by atomic mass is 9.84. The average Bonchev–Trinajstić information content (AvgIpc) is 3.36. The number of allylic oxidation sites excluding steroid dienone is 2. The predicted molar refractivity (Wildman–Crippen MR) is 150 cm³/mol. The van der Waals surface area contributed by atoms with Crippen molar-refractivity contribution >= 4 is 11.6 Å². The first-order valence-electron chi connectivity index (χ1n) is 13.9. The second-order valence-corrected chi connectivity index (χ2v) is 10.9. The van der Waals surface area contributed by atoms with Crippen molar-refractivity contribution < 1.29 is 31.9 Å². The van der Waals surface area contributed by atoms with Crippen LogP contribution in [0.1, 0.15) is 84.8 Å². The lowest BCUT2D eigenvalue weighted by Crippen LogP contribution is -2.14. The second kappa shape index (κ2) is 13.3. The molecule has 3 atom stereocenters. The highest BCUT2D eigenvalue weighted by atomic mass is 19.1. The molecule has 3 aromatic carbocycles. The van der Waals surface area contributed by atoms with Crippen molar-refractivity contribution in [3.05, 3.63) is 112 Å². The van der Waals surface area contributed by atoms with Crippen LogP contribution in [0.2, 0.25) is 0 Å². The Morgan fingerprint density at radius 3 is 2.27 bits per heavy atom. The summed E-state index contributed by atoms with van der Waals surface area (Å²) < 4.78 is 62.5. The van der Waals surface area contributed by atoms with Crippen LogP contribution in [0.5, 0.6) is 5.75 Å². The van der Waals surface area contributed by atoms with Gasteiger partial charge in [-0.05, 0) is 61.8 Å². The molecule has 3 nitrogen and oxygen atoms in total. The Morgan fingerprint density at radius 1 is 0.951 bits per heavy atom. The zero-order valence-electron chi connectivity index (χ0n) is 23.5. The maximum atomic E-state index is 14.7. The van der Waals surface area contributed by atoms with Crippen LogP contribution in [-0.2, 0) is 11.2 Å². The lowest BCUT2D eigenvalue weighted by Gasteiger charge is -2.22. The number of halogens is 4. The highest BCUT2D eigenvalue weighted by Crippen LogP contribution is 2.48. The van der Waals surface area contributed by atoms with Gasteiger partial charge in [0.2, 0.25) is 0 Å².